The smallest absolute Gasteiger partial charge is 0.390 e. The zero-order valence-electron chi connectivity index (χ0n) is 8.72. The van der Waals surface area contributed by atoms with Gasteiger partial charge < -0.3 is 10.6 Å². The third kappa shape index (κ3) is 2.40. The first-order valence-electron chi connectivity index (χ1n) is 5.16. The Morgan fingerprint density at radius 2 is 2.06 bits per heavy atom. The minimum absolute atomic E-state index is 0.0138. The molecule has 88 valence electrons. The molecule has 2 rings (SSSR count). The Morgan fingerprint density at radius 3 is 2.75 bits per heavy atom. The van der Waals surface area contributed by atoms with Crippen molar-refractivity contribution in [2.75, 3.05) is 23.7 Å². The van der Waals surface area contributed by atoms with Crippen LogP contribution in [0.5, 0.6) is 0 Å². The van der Waals surface area contributed by atoms with Crippen molar-refractivity contribution in [3.05, 3.63) is 23.8 Å². The highest BCUT2D eigenvalue weighted by Gasteiger charge is 2.29. The largest absolute Gasteiger partial charge is 0.399 e. The summed E-state index contributed by atoms with van der Waals surface area (Å²) in [5.74, 6) is 0. The number of alkyl halides is 3. The van der Waals surface area contributed by atoms with Gasteiger partial charge in [-0.05, 0) is 24.1 Å². The Kier molecular flexibility index (Phi) is 2.69. The van der Waals surface area contributed by atoms with Crippen LogP contribution >= 0.6 is 0 Å². The molecule has 0 atom stereocenters. The molecular formula is C11H13F3N2. The molecule has 16 heavy (non-hydrogen) atoms. The highest BCUT2D eigenvalue weighted by Crippen LogP contribution is 2.31. The first-order valence-corrected chi connectivity index (χ1v) is 5.16. The zero-order chi connectivity index (χ0) is 11.8. The Morgan fingerprint density at radius 1 is 1.31 bits per heavy atom. The molecule has 5 heteroatoms. The van der Waals surface area contributed by atoms with Gasteiger partial charge in [-0.3, -0.25) is 0 Å². The van der Waals surface area contributed by atoms with Gasteiger partial charge in [0.25, 0.3) is 0 Å². The third-order valence-electron chi connectivity index (χ3n) is 2.77. The van der Waals surface area contributed by atoms with E-state index in [2.05, 4.69) is 0 Å². The highest BCUT2D eigenvalue weighted by atomic mass is 19.4. The molecule has 0 bridgehead atoms. The van der Waals surface area contributed by atoms with Crippen molar-refractivity contribution in [3.8, 4) is 0 Å². The van der Waals surface area contributed by atoms with Crippen LogP contribution in [0.4, 0.5) is 24.5 Å². The molecule has 1 aromatic rings. The van der Waals surface area contributed by atoms with Gasteiger partial charge in [0.15, 0.2) is 0 Å². The number of nitrogen functional groups attached to an aromatic ring is 1. The van der Waals surface area contributed by atoms with E-state index < -0.39 is 12.6 Å². The fourth-order valence-corrected chi connectivity index (χ4v) is 1.96. The van der Waals surface area contributed by atoms with Crippen LogP contribution in [-0.4, -0.2) is 19.3 Å². The van der Waals surface area contributed by atoms with Gasteiger partial charge in [0.2, 0.25) is 0 Å². The monoisotopic (exact) mass is 230 g/mol. The van der Waals surface area contributed by atoms with Crippen LogP contribution in [0.15, 0.2) is 18.2 Å². The molecule has 0 amide bonds. The van der Waals surface area contributed by atoms with Crippen molar-refractivity contribution >= 4 is 11.4 Å². The van der Waals surface area contributed by atoms with Crippen molar-refractivity contribution in [2.45, 2.75) is 19.0 Å². The Balaban J connectivity index is 2.08. The molecule has 1 aromatic carbocycles. The van der Waals surface area contributed by atoms with E-state index in [1.807, 2.05) is 6.07 Å². The predicted octanol–water partition coefficient (Wildman–Crippen LogP) is 2.58. The number of rotatable bonds is 2. The van der Waals surface area contributed by atoms with E-state index in [1.165, 1.54) is 0 Å². The summed E-state index contributed by atoms with van der Waals surface area (Å²) in [5, 5.41) is 0. The molecule has 0 radical (unpaired) electrons. The summed E-state index contributed by atoms with van der Waals surface area (Å²) in [5.41, 5.74) is 8.15. The number of fused-ring (bicyclic) bond motifs is 1. The van der Waals surface area contributed by atoms with Gasteiger partial charge in [-0.2, -0.15) is 13.2 Å². The van der Waals surface area contributed by atoms with Gasteiger partial charge >= 0.3 is 6.18 Å². The molecular weight excluding hydrogens is 217 g/mol. The third-order valence-corrected chi connectivity index (χ3v) is 2.77. The van der Waals surface area contributed by atoms with Gasteiger partial charge in [0, 0.05) is 24.5 Å². The average Bonchev–Trinajstić information content (AvgIpc) is 2.56. The molecule has 0 saturated carbocycles. The molecule has 0 saturated heterocycles. The fourth-order valence-electron chi connectivity index (χ4n) is 1.96. The zero-order valence-corrected chi connectivity index (χ0v) is 8.72. The van der Waals surface area contributed by atoms with Crippen LogP contribution in [0, 0.1) is 0 Å². The van der Waals surface area contributed by atoms with Crippen LogP contribution in [0.3, 0.4) is 0 Å². The van der Waals surface area contributed by atoms with E-state index in [4.69, 9.17) is 5.73 Å². The molecule has 2 N–H and O–H groups in total. The standard InChI is InChI=1S/C11H13F3N2/c12-11(13,14)4-6-16-5-3-8-1-2-9(15)7-10(8)16/h1-2,7H,3-6,15H2. The molecule has 0 aliphatic carbocycles. The lowest BCUT2D eigenvalue weighted by Gasteiger charge is -2.20. The summed E-state index contributed by atoms with van der Waals surface area (Å²) < 4.78 is 36.3. The first-order chi connectivity index (χ1) is 7.46. The number of hydrogen-bond donors (Lipinski definition) is 1. The number of halogens is 3. The van der Waals surface area contributed by atoms with Crippen LogP contribution < -0.4 is 10.6 Å². The molecule has 0 spiro atoms. The predicted molar refractivity (Wildman–Crippen MR) is 57.4 cm³/mol. The van der Waals surface area contributed by atoms with Gasteiger partial charge in [0.05, 0.1) is 6.42 Å². The van der Waals surface area contributed by atoms with Crippen LogP contribution in [0.2, 0.25) is 0 Å². The van der Waals surface area contributed by atoms with Crippen molar-refractivity contribution in [1.82, 2.24) is 0 Å². The van der Waals surface area contributed by atoms with Gasteiger partial charge in [-0.1, -0.05) is 6.07 Å². The molecule has 1 aliphatic rings. The summed E-state index contributed by atoms with van der Waals surface area (Å²) in [7, 11) is 0. The fraction of sp³-hybridized carbons (Fsp3) is 0.455. The van der Waals surface area contributed by atoms with E-state index in [1.54, 1.807) is 17.0 Å². The lowest BCUT2D eigenvalue weighted by atomic mass is 10.1. The number of nitrogens with two attached hydrogens (primary N) is 1. The summed E-state index contributed by atoms with van der Waals surface area (Å²) in [4.78, 5) is 1.75. The normalized spacial score (nSPS) is 15.3. The number of hydrogen-bond acceptors (Lipinski definition) is 2. The molecule has 1 aliphatic heterocycles. The minimum atomic E-state index is -4.09. The van der Waals surface area contributed by atoms with Crippen LogP contribution in [-0.2, 0) is 6.42 Å². The number of benzene rings is 1. The average molecular weight is 230 g/mol. The van der Waals surface area contributed by atoms with Gasteiger partial charge in [-0.25, -0.2) is 0 Å². The second kappa shape index (κ2) is 3.88. The van der Waals surface area contributed by atoms with E-state index >= 15 is 0 Å². The maximum atomic E-state index is 12.1. The van der Waals surface area contributed by atoms with E-state index in [0.29, 0.717) is 12.2 Å². The quantitative estimate of drug-likeness (QED) is 0.791. The molecule has 1 heterocycles. The number of anilines is 2. The summed E-state index contributed by atoms with van der Waals surface area (Å²) in [6, 6.07) is 5.42. The number of nitrogens with zero attached hydrogens (tertiary/aromatic N) is 1. The Bertz CT molecular complexity index is 387. The van der Waals surface area contributed by atoms with Gasteiger partial charge in [-0.15, -0.1) is 0 Å². The summed E-state index contributed by atoms with van der Waals surface area (Å²) in [6.07, 6.45) is -4.07. The van der Waals surface area contributed by atoms with Crippen molar-refractivity contribution < 1.29 is 13.2 Å². The summed E-state index contributed by atoms with van der Waals surface area (Å²) >= 11 is 0. The van der Waals surface area contributed by atoms with Crippen molar-refractivity contribution in [3.63, 3.8) is 0 Å². The lowest BCUT2D eigenvalue weighted by Crippen LogP contribution is -2.26. The minimum Gasteiger partial charge on any atom is -0.399 e. The SMILES string of the molecule is Nc1ccc2c(c1)N(CCC(F)(F)F)CC2. The molecule has 0 aromatic heterocycles. The maximum Gasteiger partial charge on any atom is 0.390 e. The van der Waals surface area contributed by atoms with Crippen molar-refractivity contribution in [1.29, 1.82) is 0 Å². The van der Waals surface area contributed by atoms with E-state index in [-0.39, 0.29) is 6.54 Å². The molecule has 0 unspecified atom stereocenters. The van der Waals surface area contributed by atoms with E-state index in [9.17, 15) is 13.2 Å². The molecule has 2 nitrogen and oxygen atoms in total. The maximum absolute atomic E-state index is 12.1. The Hall–Kier alpha value is -1.39. The summed E-state index contributed by atoms with van der Waals surface area (Å²) in [6.45, 7) is 0.662. The van der Waals surface area contributed by atoms with Gasteiger partial charge in [0.1, 0.15) is 0 Å². The second-order valence-corrected chi connectivity index (χ2v) is 3.99. The highest BCUT2D eigenvalue weighted by molar-refractivity contribution is 5.64. The lowest BCUT2D eigenvalue weighted by molar-refractivity contribution is -0.132. The van der Waals surface area contributed by atoms with Crippen LogP contribution in [0.25, 0.3) is 0 Å². The van der Waals surface area contributed by atoms with E-state index in [0.717, 1.165) is 17.7 Å². The molecule has 0 fully saturated rings. The van der Waals surface area contributed by atoms with Crippen LogP contribution in [0.1, 0.15) is 12.0 Å². The Labute approximate surface area is 91.8 Å². The van der Waals surface area contributed by atoms with Crippen molar-refractivity contribution in [2.24, 2.45) is 0 Å². The second-order valence-electron chi connectivity index (χ2n) is 3.99. The topological polar surface area (TPSA) is 29.3 Å². The first kappa shape index (κ1) is 11.1.